The Morgan fingerprint density at radius 2 is 1.70 bits per heavy atom. The van der Waals surface area contributed by atoms with Crippen molar-refractivity contribution in [1.82, 2.24) is 9.88 Å². The summed E-state index contributed by atoms with van der Waals surface area (Å²) < 4.78 is 21.6. The minimum absolute atomic E-state index is 0.120. The van der Waals surface area contributed by atoms with Crippen molar-refractivity contribution in [2.45, 2.75) is 13.0 Å². The number of amides is 1. The fourth-order valence-electron chi connectivity index (χ4n) is 4.29. The summed E-state index contributed by atoms with van der Waals surface area (Å²) in [4.78, 5) is 31.1. The lowest BCUT2D eigenvalue weighted by Gasteiger charge is -2.23. The van der Waals surface area contributed by atoms with Gasteiger partial charge in [-0.1, -0.05) is 17.7 Å². The molecule has 0 spiro atoms. The standard InChI is InChI=1S/C28H25ClN2O6/c1-34-23-8-3-17(11-24(23)35-2)9-10-31(28(33)18-4-6-21(29)7-5-18)15-20-12-19-13-25-26(37-16-36-25)14-22(19)30-27(20)32/h3-8,11-14H,9-10,15-16H2,1-2H3,(H,30,32). The number of hydrogen-bond acceptors (Lipinski definition) is 6. The second-order valence-corrected chi connectivity index (χ2v) is 9.03. The molecule has 0 bridgehead atoms. The average Bonchev–Trinajstić information content (AvgIpc) is 3.37. The number of pyridine rings is 1. The molecule has 0 saturated carbocycles. The molecule has 2 heterocycles. The molecule has 1 aromatic heterocycles. The van der Waals surface area contributed by atoms with E-state index in [0.717, 1.165) is 10.9 Å². The lowest BCUT2D eigenvalue weighted by Crippen LogP contribution is -2.34. The number of aromatic amines is 1. The molecule has 0 atom stereocenters. The van der Waals surface area contributed by atoms with Gasteiger partial charge in [0.2, 0.25) is 6.79 Å². The number of carbonyl (C=O) groups is 1. The van der Waals surface area contributed by atoms with Gasteiger partial charge in [-0.05, 0) is 60.5 Å². The zero-order valence-corrected chi connectivity index (χ0v) is 21.1. The first kappa shape index (κ1) is 24.5. The topological polar surface area (TPSA) is 90.1 Å². The van der Waals surface area contributed by atoms with E-state index in [-0.39, 0.29) is 24.8 Å². The van der Waals surface area contributed by atoms with E-state index in [1.807, 2.05) is 24.3 Å². The van der Waals surface area contributed by atoms with Gasteiger partial charge in [0, 0.05) is 34.1 Å². The number of nitrogens with one attached hydrogen (secondary N) is 1. The molecular weight excluding hydrogens is 496 g/mol. The maximum absolute atomic E-state index is 13.5. The number of nitrogens with zero attached hydrogens (tertiary/aromatic N) is 1. The third-order valence-electron chi connectivity index (χ3n) is 6.27. The summed E-state index contributed by atoms with van der Waals surface area (Å²) in [5.41, 5.74) is 2.27. The van der Waals surface area contributed by atoms with Crippen molar-refractivity contribution in [2.24, 2.45) is 0 Å². The van der Waals surface area contributed by atoms with Gasteiger partial charge in [-0.3, -0.25) is 9.59 Å². The molecule has 4 aromatic rings. The van der Waals surface area contributed by atoms with E-state index in [2.05, 4.69) is 4.98 Å². The summed E-state index contributed by atoms with van der Waals surface area (Å²) in [7, 11) is 3.16. The minimum Gasteiger partial charge on any atom is -0.493 e. The molecule has 0 radical (unpaired) electrons. The lowest BCUT2D eigenvalue weighted by atomic mass is 10.1. The van der Waals surface area contributed by atoms with Gasteiger partial charge >= 0.3 is 0 Å². The second kappa shape index (κ2) is 10.4. The number of methoxy groups -OCH3 is 2. The van der Waals surface area contributed by atoms with Gasteiger partial charge in [0.1, 0.15) is 0 Å². The highest BCUT2D eigenvalue weighted by Crippen LogP contribution is 2.35. The highest BCUT2D eigenvalue weighted by atomic mass is 35.5. The van der Waals surface area contributed by atoms with Crippen molar-refractivity contribution in [3.8, 4) is 23.0 Å². The van der Waals surface area contributed by atoms with Crippen LogP contribution < -0.4 is 24.5 Å². The first-order valence-corrected chi connectivity index (χ1v) is 12.0. The van der Waals surface area contributed by atoms with Gasteiger partial charge in [-0.25, -0.2) is 0 Å². The van der Waals surface area contributed by atoms with Crippen LogP contribution in [0.2, 0.25) is 5.02 Å². The summed E-state index contributed by atoms with van der Waals surface area (Å²) in [6, 6.07) is 17.7. The highest BCUT2D eigenvalue weighted by Gasteiger charge is 2.20. The quantitative estimate of drug-likeness (QED) is 0.358. The molecule has 9 heteroatoms. The molecule has 8 nitrogen and oxygen atoms in total. The van der Waals surface area contributed by atoms with E-state index in [0.29, 0.717) is 57.6 Å². The zero-order chi connectivity index (χ0) is 25.9. The van der Waals surface area contributed by atoms with Crippen molar-refractivity contribution in [1.29, 1.82) is 0 Å². The maximum atomic E-state index is 13.5. The zero-order valence-electron chi connectivity index (χ0n) is 20.4. The van der Waals surface area contributed by atoms with Gasteiger partial charge in [-0.2, -0.15) is 0 Å². The van der Waals surface area contributed by atoms with E-state index in [1.165, 1.54) is 0 Å². The van der Waals surface area contributed by atoms with Crippen LogP contribution in [0.5, 0.6) is 23.0 Å². The van der Waals surface area contributed by atoms with Crippen LogP contribution in [0.4, 0.5) is 0 Å². The first-order chi connectivity index (χ1) is 17.9. The lowest BCUT2D eigenvalue weighted by molar-refractivity contribution is 0.0744. The van der Waals surface area contributed by atoms with Gasteiger partial charge in [0.15, 0.2) is 23.0 Å². The maximum Gasteiger partial charge on any atom is 0.254 e. The van der Waals surface area contributed by atoms with Gasteiger partial charge in [0.25, 0.3) is 11.5 Å². The Hall–Kier alpha value is -4.17. The molecule has 1 N–H and O–H groups in total. The number of fused-ring (bicyclic) bond motifs is 2. The Labute approximate surface area is 218 Å². The number of H-pyrrole nitrogens is 1. The number of benzene rings is 3. The van der Waals surface area contributed by atoms with Crippen LogP contribution in [0.1, 0.15) is 21.5 Å². The summed E-state index contributed by atoms with van der Waals surface area (Å²) in [6.07, 6.45) is 0.545. The van der Waals surface area contributed by atoms with Gasteiger partial charge in [0.05, 0.1) is 26.3 Å². The third kappa shape index (κ3) is 5.20. The van der Waals surface area contributed by atoms with E-state index in [9.17, 15) is 9.59 Å². The molecule has 5 rings (SSSR count). The van der Waals surface area contributed by atoms with Gasteiger partial charge < -0.3 is 28.8 Å². The number of carbonyl (C=O) groups excluding carboxylic acids is 1. The minimum atomic E-state index is -0.272. The summed E-state index contributed by atoms with van der Waals surface area (Å²) in [5.74, 6) is 2.24. The third-order valence-corrected chi connectivity index (χ3v) is 6.52. The molecule has 0 aliphatic carbocycles. The van der Waals surface area contributed by atoms with Crippen molar-refractivity contribution in [2.75, 3.05) is 27.6 Å². The summed E-state index contributed by atoms with van der Waals surface area (Å²) >= 11 is 6.03. The molecular formula is C28H25ClN2O6. The van der Waals surface area contributed by atoms with Crippen molar-refractivity contribution in [3.05, 3.63) is 92.7 Å². The van der Waals surface area contributed by atoms with E-state index < -0.39 is 0 Å². The first-order valence-electron chi connectivity index (χ1n) is 11.7. The smallest absolute Gasteiger partial charge is 0.254 e. The number of aromatic nitrogens is 1. The van der Waals surface area contributed by atoms with Crippen LogP contribution in [0, 0.1) is 0 Å². The van der Waals surface area contributed by atoms with Crippen LogP contribution in [0.25, 0.3) is 10.9 Å². The Kier molecular flexibility index (Phi) is 6.92. The number of rotatable bonds is 8. The molecule has 1 aliphatic rings. The van der Waals surface area contributed by atoms with Crippen LogP contribution >= 0.6 is 11.6 Å². The van der Waals surface area contributed by atoms with Crippen LogP contribution in [0.3, 0.4) is 0 Å². The molecule has 0 unspecified atom stereocenters. The van der Waals surface area contributed by atoms with Crippen molar-refractivity contribution < 1.29 is 23.7 Å². The largest absolute Gasteiger partial charge is 0.493 e. The Bertz CT molecular complexity index is 1520. The van der Waals surface area contributed by atoms with E-state index in [4.69, 9.17) is 30.5 Å². The van der Waals surface area contributed by atoms with Gasteiger partial charge in [-0.15, -0.1) is 0 Å². The van der Waals surface area contributed by atoms with Crippen molar-refractivity contribution >= 4 is 28.4 Å². The van der Waals surface area contributed by atoms with Crippen molar-refractivity contribution in [3.63, 3.8) is 0 Å². The predicted octanol–water partition coefficient (Wildman–Crippen LogP) is 4.81. The molecule has 0 fully saturated rings. The number of hydrogen-bond donors (Lipinski definition) is 1. The number of ether oxygens (including phenoxy) is 4. The molecule has 37 heavy (non-hydrogen) atoms. The summed E-state index contributed by atoms with van der Waals surface area (Å²) in [6.45, 7) is 0.631. The fraction of sp³-hybridized carbons (Fsp3) is 0.214. The molecule has 0 saturated heterocycles. The SMILES string of the molecule is COc1ccc(CCN(Cc2cc3cc4c(cc3[nH]c2=O)OCO4)C(=O)c2ccc(Cl)cc2)cc1OC. The molecule has 3 aromatic carbocycles. The Morgan fingerprint density at radius 1 is 0.973 bits per heavy atom. The second-order valence-electron chi connectivity index (χ2n) is 8.59. The fourth-order valence-corrected chi connectivity index (χ4v) is 4.42. The van der Waals surface area contributed by atoms with Crippen LogP contribution in [-0.4, -0.2) is 43.3 Å². The summed E-state index contributed by atoms with van der Waals surface area (Å²) in [5, 5.41) is 1.33. The van der Waals surface area contributed by atoms with E-state index in [1.54, 1.807) is 55.5 Å². The Balaban J connectivity index is 1.45. The van der Waals surface area contributed by atoms with Crippen LogP contribution in [-0.2, 0) is 13.0 Å². The Morgan fingerprint density at radius 3 is 2.43 bits per heavy atom. The normalized spacial score (nSPS) is 12.0. The highest BCUT2D eigenvalue weighted by molar-refractivity contribution is 6.30. The monoisotopic (exact) mass is 520 g/mol. The predicted molar refractivity (Wildman–Crippen MR) is 140 cm³/mol. The number of halogens is 1. The van der Waals surface area contributed by atoms with E-state index >= 15 is 0 Å². The van der Waals surface area contributed by atoms with Crippen LogP contribution in [0.15, 0.2) is 65.5 Å². The molecule has 1 amide bonds. The molecule has 190 valence electrons. The average molecular weight is 521 g/mol. The molecule has 1 aliphatic heterocycles.